The zero-order chi connectivity index (χ0) is 14.5. The van der Waals surface area contributed by atoms with Gasteiger partial charge in [0.15, 0.2) is 0 Å². The van der Waals surface area contributed by atoms with Crippen LogP contribution in [-0.4, -0.2) is 5.91 Å². The molecule has 0 aromatic heterocycles. The lowest BCUT2D eigenvalue weighted by Crippen LogP contribution is -2.06. The van der Waals surface area contributed by atoms with E-state index in [1.54, 1.807) is 12.1 Å². The van der Waals surface area contributed by atoms with E-state index in [4.69, 9.17) is 0 Å². The summed E-state index contributed by atoms with van der Waals surface area (Å²) in [4.78, 5) is 10.9. The highest BCUT2D eigenvalue weighted by Gasteiger charge is 2.02. The number of carbonyl (C=O) groups excluding carboxylic acids is 1. The molecule has 0 unspecified atom stereocenters. The maximum Gasteiger partial charge on any atom is 0.221 e. The number of benzene rings is 2. The molecule has 5 heteroatoms. The Balaban J connectivity index is 2.00. The van der Waals surface area contributed by atoms with Crippen LogP contribution in [0, 0.1) is 5.82 Å². The highest BCUT2D eigenvalue weighted by atomic mass is 79.9. The number of halogens is 2. The van der Waals surface area contributed by atoms with Crippen LogP contribution in [-0.2, 0) is 11.3 Å². The number of carbonyl (C=O) groups is 1. The summed E-state index contributed by atoms with van der Waals surface area (Å²) in [5.74, 6) is -0.393. The number of rotatable bonds is 4. The van der Waals surface area contributed by atoms with Crippen LogP contribution in [0.2, 0.25) is 0 Å². The minimum atomic E-state index is -0.289. The number of nitrogens with one attached hydrogen (secondary N) is 2. The molecule has 104 valence electrons. The second kappa shape index (κ2) is 6.52. The average molecular weight is 337 g/mol. The molecule has 0 spiro atoms. The molecule has 2 aromatic rings. The Kier molecular flexibility index (Phi) is 4.74. The number of anilines is 2. The first-order chi connectivity index (χ1) is 9.54. The van der Waals surface area contributed by atoms with Gasteiger partial charge in [-0.3, -0.25) is 4.79 Å². The van der Waals surface area contributed by atoms with Crippen LogP contribution in [0.4, 0.5) is 15.8 Å². The monoisotopic (exact) mass is 336 g/mol. The van der Waals surface area contributed by atoms with Gasteiger partial charge >= 0.3 is 0 Å². The van der Waals surface area contributed by atoms with Gasteiger partial charge in [0.2, 0.25) is 5.91 Å². The Labute approximate surface area is 125 Å². The number of hydrogen-bond acceptors (Lipinski definition) is 2. The third kappa shape index (κ3) is 4.06. The van der Waals surface area contributed by atoms with Gasteiger partial charge in [-0.2, -0.15) is 0 Å². The highest BCUT2D eigenvalue weighted by molar-refractivity contribution is 9.10. The summed E-state index contributed by atoms with van der Waals surface area (Å²) in [7, 11) is 0. The van der Waals surface area contributed by atoms with E-state index in [2.05, 4.69) is 26.6 Å². The first-order valence-corrected chi connectivity index (χ1v) is 6.89. The van der Waals surface area contributed by atoms with Gasteiger partial charge < -0.3 is 10.6 Å². The van der Waals surface area contributed by atoms with Crippen LogP contribution in [0.15, 0.2) is 46.9 Å². The summed E-state index contributed by atoms with van der Waals surface area (Å²) in [5.41, 5.74) is 2.19. The van der Waals surface area contributed by atoms with Crippen molar-refractivity contribution in [1.29, 1.82) is 0 Å². The summed E-state index contributed by atoms with van der Waals surface area (Å²) < 4.78 is 14.4. The molecule has 1 amide bonds. The van der Waals surface area contributed by atoms with Crippen molar-refractivity contribution in [2.45, 2.75) is 13.5 Å². The van der Waals surface area contributed by atoms with Gasteiger partial charge in [-0.1, -0.05) is 28.1 Å². The Morgan fingerprint density at radius 1 is 1.20 bits per heavy atom. The van der Waals surface area contributed by atoms with Gasteiger partial charge in [0.25, 0.3) is 0 Å². The van der Waals surface area contributed by atoms with E-state index in [-0.39, 0.29) is 11.7 Å². The van der Waals surface area contributed by atoms with Gasteiger partial charge in [0.05, 0.1) is 5.69 Å². The van der Waals surface area contributed by atoms with E-state index in [0.717, 1.165) is 15.7 Å². The van der Waals surface area contributed by atoms with E-state index in [1.165, 1.54) is 13.0 Å². The smallest absolute Gasteiger partial charge is 0.221 e. The molecule has 0 atom stereocenters. The van der Waals surface area contributed by atoms with Crippen molar-refractivity contribution in [2.24, 2.45) is 0 Å². The third-order valence-electron chi connectivity index (χ3n) is 2.69. The van der Waals surface area contributed by atoms with Crippen LogP contribution in [0.3, 0.4) is 0 Å². The van der Waals surface area contributed by atoms with Crippen LogP contribution >= 0.6 is 15.9 Å². The van der Waals surface area contributed by atoms with Crippen molar-refractivity contribution in [3.05, 3.63) is 58.3 Å². The van der Waals surface area contributed by atoms with Crippen molar-refractivity contribution in [3.63, 3.8) is 0 Å². The fraction of sp³-hybridized carbons (Fsp3) is 0.133. The number of hydrogen-bond donors (Lipinski definition) is 2. The SMILES string of the molecule is CC(=O)Nc1ccc(CNc2cc(Br)ccc2F)cc1. The van der Waals surface area contributed by atoms with Gasteiger partial charge in [-0.05, 0) is 35.9 Å². The lowest BCUT2D eigenvalue weighted by Gasteiger charge is -2.09. The average Bonchev–Trinajstić information content (AvgIpc) is 2.41. The Morgan fingerprint density at radius 2 is 1.90 bits per heavy atom. The zero-order valence-corrected chi connectivity index (χ0v) is 12.5. The molecule has 0 saturated heterocycles. The van der Waals surface area contributed by atoms with Crippen molar-refractivity contribution < 1.29 is 9.18 Å². The van der Waals surface area contributed by atoms with Gasteiger partial charge in [-0.15, -0.1) is 0 Å². The quantitative estimate of drug-likeness (QED) is 0.880. The molecule has 0 aliphatic rings. The lowest BCUT2D eigenvalue weighted by molar-refractivity contribution is -0.114. The predicted molar refractivity (Wildman–Crippen MR) is 82.2 cm³/mol. The van der Waals surface area contributed by atoms with Crippen molar-refractivity contribution in [1.82, 2.24) is 0 Å². The van der Waals surface area contributed by atoms with Gasteiger partial charge in [0, 0.05) is 23.6 Å². The van der Waals surface area contributed by atoms with Crippen LogP contribution < -0.4 is 10.6 Å². The first kappa shape index (κ1) is 14.5. The second-order valence-corrected chi connectivity index (χ2v) is 5.27. The minimum Gasteiger partial charge on any atom is -0.379 e. The van der Waals surface area contributed by atoms with Crippen LogP contribution in [0.1, 0.15) is 12.5 Å². The maximum atomic E-state index is 13.5. The van der Waals surface area contributed by atoms with E-state index in [1.807, 2.05) is 24.3 Å². The molecule has 3 nitrogen and oxygen atoms in total. The summed E-state index contributed by atoms with van der Waals surface area (Å²) in [6.07, 6.45) is 0. The molecule has 0 saturated carbocycles. The summed E-state index contributed by atoms with van der Waals surface area (Å²) in [5, 5.41) is 5.73. The van der Waals surface area contributed by atoms with Gasteiger partial charge in [-0.25, -0.2) is 4.39 Å². The fourth-order valence-corrected chi connectivity index (χ4v) is 2.10. The molecular weight excluding hydrogens is 323 g/mol. The molecule has 0 fully saturated rings. The zero-order valence-electron chi connectivity index (χ0n) is 10.9. The Hall–Kier alpha value is -1.88. The largest absolute Gasteiger partial charge is 0.379 e. The van der Waals surface area contributed by atoms with E-state index < -0.39 is 0 Å². The Morgan fingerprint density at radius 3 is 2.55 bits per heavy atom. The molecule has 2 aromatic carbocycles. The topological polar surface area (TPSA) is 41.1 Å². The maximum absolute atomic E-state index is 13.5. The number of amides is 1. The van der Waals surface area contributed by atoms with Gasteiger partial charge in [0.1, 0.15) is 5.82 Å². The molecule has 0 bridgehead atoms. The third-order valence-corrected chi connectivity index (χ3v) is 3.18. The molecule has 0 aliphatic carbocycles. The fourth-order valence-electron chi connectivity index (χ4n) is 1.74. The van der Waals surface area contributed by atoms with Crippen LogP contribution in [0.5, 0.6) is 0 Å². The van der Waals surface area contributed by atoms with Crippen molar-refractivity contribution >= 4 is 33.2 Å². The summed E-state index contributed by atoms with van der Waals surface area (Å²) in [6, 6.07) is 12.2. The normalized spacial score (nSPS) is 10.2. The Bertz CT molecular complexity index is 614. The predicted octanol–water partition coefficient (Wildman–Crippen LogP) is 4.16. The molecule has 2 rings (SSSR count). The molecule has 20 heavy (non-hydrogen) atoms. The summed E-state index contributed by atoms with van der Waals surface area (Å²) in [6.45, 7) is 1.97. The molecule has 0 aliphatic heterocycles. The van der Waals surface area contributed by atoms with E-state index >= 15 is 0 Å². The van der Waals surface area contributed by atoms with E-state index in [9.17, 15) is 9.18 Å². The molecular formula is C15H14BrFN2O. The lowest BCUT2D eigenvalue weighted by atomic mass is 10.2. The highest BCUT2D eigenvalue weighted by Crippen LogP contribution is 2.21. The van der Waals surface area contributed by atoms with Crippen molar-refractivity contribution in [3.8, 4) is 0 Å². The van der Waals surface area contributed by atoms with Crippen LogP contribution in [0.25, 0.3) is 0 Å². The molecule has 2 N–H and O–H groups in total. The molecule has 0 radical (unpaired) electrons. The van der Waals surface area contributed by atoms with E-state index in [0.29, 0.717) is 12.2 Å². The minimum absolute atomic E-state index is 0.105. The molecule has 0 heterocycles. The first-order valence-electron chi connectivity index (χ1n) is 6.10. The summed E-state index contributed by atoms with van der Waals surface area (Å²) >= 11 is 3.31. The standard InChI is InChI=1S/C15H14BrFN2O/c1-10(20)19-13-5-2-11(3-6-13)9-18-15-8-12(16)4-7-14(15)17/h2-8,18H,9H2,1H3,(H,19,20). The second-order valence-electron chi connectivity index (χ2n) is 4.36. The van der Waals surface area contributed by atoms with Crippen molar-refractivity contribution in [2.75, 3.05) is 10.6 Å².